The largest absolute Gasteiger partial charge is 0.353 e. The molecule has 0 saturated heterocycles. The van der Waals surface area contributed by atoms with Crippen LogP contribution in [-0.2, 0) is 11.2 Å². The first-order chi connectivity index (χ1) is 13.5. The van der Waals surface area contributed by atoms with Gasteiger partial charge in [-0.25, -0.2) is 9.07 Å². The third-order valence-corrected chi connectivity index (χ3v) is 7.14. The second-order valence-electron chi connectivity index (χ2n) is 8.02. The number of fused-ring (bicyclic) bond motifs is 2. The van der Waals surface area contributed by atoms with Crippen LogP contribution in [-0.4, -0.2) is 32.6 Å². The average Bonchev–Trinajstić information content (AvgIpc) is 3.39. The van der Waals surface area contributed by atoms with E-state index in [4.69, 9.17) is 5.84 Å². The van der Waals surface area contributed by atoms with E-state index in [-0.39, 0.29) is 29.9 Å². The van der Waals surface area contributed by atoms with Gasteiger partial charge in [0, 0.05) is 12.5 Å². The number of nitrogens with two attached hydrogens (primary N) is 1. The fraction of sp³-hybridized carbons (Fsp3) is 0.550. The Balaban J connectivity index is 1.29. The van der Waals surface area contributed by atoms with Crippen LogP contribution in [0.1, 0.15) is 44.0 Å². The summed E-state index contributed by atoms with van der Waals surface area (Å²) in [6, 6.07) is 6.72. The zero-order chi connectivity index (χ0) is 19.7. The number of halogens is 1. The van der Waals surface area contributed by atoms with E-state index < -0.39 is 0 Å². The van der Waals surface area contributed by atoms with Gasteiger partial charge in [0.15, 0.2) is 5.82 Å². The van der Waals surface area contributed by atoms with Crippen molar-refractivity contribution in [2.24, 2.45) is 17.8 Å². The molecule has 2 aliphatic rings. The highest BCUT2D eigenvalue weighted by Gasteiger charge is 2.42. The molecule has 150 valence electrons. The predicted octanol–water partition coefficient (Wildman–Crippen LogP) is 2.75. The van der Waals surface area contributed by atoms with Crippen molar-refractivity contribution in [2.75, 3.05) is 11.6 Å². The summed E-state index contributed by atoms with van der Waals surface area (Å²) in [7, 11) is 0. The average molecular weight is 404 g/mol. The maximum Gasteiger partial charge on any atom is 0.230 e. The lowest BCUT2D eigenvalue weighted by Crippen LogP contribution is -2.41. The van der Waals surface area contributed by atoms with Crippen LogP contribution in [0.15, 0.2) is 29.4 Å². The van der Waals surface area contributed by atoms with Gasteiger partial charge in [0.2, 0.25) is 11.1 Å². The zero-order valence-electron chi connectivity index (χ0n) is 16.0. The number of carbonyl (C=O) groups excluding carboxylic acids is 1. The highest BCUT2D eigenvalue weighted by Crippen LogP contribution is 2.49. The van der Waals surface area contributed by atoms with Crippen molar-refractivity contribution in [1.82, 2.24) is 20.2 Å². The maximum absolute atomic E-state index is 13.8. The number of hydrogen-bond acceptors (Lipinski definition) is 5. The van der Waals surface area contributed by atoms with Crippen LogP contribution in [0.2, 0.25) is 0 Å². The summed E-state index contributed by atoms with van der Waals surface area (Å²) in [5.41, 5.74) is 0.510. The van der Waals surface area contributed by atoms with E-state index in [1.807, 2.05) is 0 Å². The second-order valence-corrected chi connectivity index (χ2v) is 8.96. The van der Waals surface area contributed by atoms with Crippen LogP contribution in [0.25, 0.3) is 0 Å². The Morgan fingerprint density at radius 1 is 1.36 bits per heavy atom. The monoisotopic (exact) mass is 403 g/mol. The van der Waals surface area contributed by atoms with Gasteiger partial charge in [0.05, 0.1) is 5.75 Å². The summed E-state index contributed by atoms with van der Waals surface area (Å²) < 4.78 is 15.2. The maximum atomic E-state index is 13.8. The highest BCUT2D eigenvalue weighted by atomic mass is 32.2. The van der Waals surface area contributed by atoms with Gasteiger partial charge in [0.25, 0.3) is 0 Å². The number of thioether (sulfide) groups is 1. The highest BCUT2D eigenvalue weighted by molar-refractivity contribution is 7.99. The summed E-state index contributed by atoms with van der Waals surface area (Å²) in [6.07, 6.45) is 5.51. The van der Waals surface area contributed by atoms with Gasteiger partial charge in [-0.2, -0.15) is 0 Å². The Labute approximate surface area is 168 Å². The van der Waals surface area contributed by atoms with E-state index in [0.717, 1.165) is 11.8 Å². The molecule has 0 aliphatic heterocycles. The van der Waals surface area contributed by atoms with Gasteiger partial charge in [-0.15, -0.1) is 10.2 Å². The van der Waals surface area contributed by atoms with Crippen LogP contribution < -0.4 is 11.2 Å². The number of carbonyl (C=O) groups is 1. The van der Waals surface area contributed by atoms with Gasteiger partial charge in [-0.1, -0.05) is 36.4 Å². The fourth-order valence-corrected chi connectivity index (χ4v) is 5.46. The summed E-state index contributed by atoms with van der Waals surface area (Å²) >= 11 is 1.25. The third-order valence-electron chi connectivity index (χ3n) is 6.20. The van der Waals surface area contributed by atoms with E-state index in [2.05, 4.69) is 22.4 Å². The second kappa shape index (κ2) is 8.11. The lowest BCUT2D eigenvalue weighted by molar-refractivity contribution is -0.119. The molecule has 4 rings (SSSR count). The number of hydrogen-bond donors (Lipinski definition) is 2. The first kappa shape index (κ1) is 19.2. The van der Waals surface area contributed by atoms with Gasteiger partial charge < -0.3 is 11.2 Å². The SMILES string of the molecule is C[C@H](NC(=O)CSc1nnc(Cc2ccccc2F)n1N)[C@@H]1C[C@H]2CC[C@H]1C2. The molecule has 1 amide bonds. The molecular weight excluding hydrogens is 377 g/mol. The number of aromatic nitrogens is 3. The first-order valence-corrected chi connectivity index (χ1v) is 10.8. The lowest BCUT2D eigenvalue weighted by atomic mass is 9.84. The van der Waals surface area contributed by atoms with Crippen LogP contribution >= 0.6 is 11.8 Å². The third kappa shape index (κ3) is 4.01. The predicted molar refractivity (Wildman–Crippen MR) is 107 cm³/mol. The molecule has 3 N–H and O–H groups in total. The van der Waals surface area contributed by atoms with Gasteiger partial charge in [0.1, 0.15) is 5.82 Å². The molecule has 1 aromatic heterocycles. The van der Waals surface area contributed by atoms with E-state index in [0.29, 0.717) is 22.5 Å². The van der Waals surface area contributed by atoms with Crippen LogP contribution in [0.3, 0.4) is 0 Å². The van der Waals surface area contributed by atoms with Gasteiger partial charge >= 0.3 is 0 Å². The summed E-state index contributed by atoms with van der Waals surface area (Å²) in [6.45, 7) is 2.12. The summed E-state index contributed by atoms with van der Waals surface area (Å²) in [4.78, 5) is 12.4. The van der Waals surface area contributed by atoms with Crippen molar-refractivity contribution >= 4 is 17.7 Å². The lowest BCUT2D eigenvalue weighted by Gasteiger charge is -2.28. The molecule has 0 radical (unpaired) electrons. The quantitative estimate of drug-likeness (QED) is 0.548. The minimum absolute atomic E-state index is 0.0149. The van der Waals surface area contributed by atoms with E-state index in [1.165, 1.54) is 48.2 Å². The molecule has 2 aromatic rings. The Morgan fingerprint density at radius 3 is 2.89 bits per heavy atom. The number of nitrogens with one attached hydrogen (secondary N) is 1. The molecule has 1 aromatic carbocycles. The van der Waals surface area contributed by atoms with Gasteiger partial charge in [-0.05, 0) is 55.6 Å². The molecule has 0 unspecified atom stereocenters. The number of amides is 1. The Hall–Kier alpha value is -2.09. The van der Waals surface area contributed by atoms with E-state index in [9.17, 15) is 9.18 Å². The normalized spacial score (nSPS) is 24.4. The van der Waals surface area contributed by atoms with Crippen LogP contribution in [0.4, 0.5) is 4.39 Å². The van der Waals surface area contributed by atoms with Crippen LogP contribution in [0, 0.1) is 23.6 Å². The smallest absolute Gasteiger partial charge is 0.230 e. The first-order valence-electron chi connectivity index (χ1n) is 9.86. The minimum Gasteiger partial charge on any atom is -0.353 e. The molecule has 2 bridgehead atoms. The van der Waals surface area contributed by atoms with Crippen molar-refractivity contribution < 1.29 is 9.18 Å². The Morgan fingerprint density at radius 2 is 2.18 bits per heavy atom. The number of rotatable bonds is 7. The molecule has 4 atom stereocenters. The molecule has 6 nitrogen and oxygen atoms in total. The molecule has 2 fully saturated rings. The number of benzene rings is 1. The van der Waals surface area contributed by atoms with Crippen molar-refractivity contribution in [3.05, 3.63) is 41.5 Å². The Bertz CT molecular complexity index is 857. The topological polar surface area (TPSA) is 85.8 Å². The molecule has 8 heteroatoms. The number of nitrogens with zero attached hydrogens (tertiary/aromatic N) is 3. The summed E-state index contributed by atoms with van der Waals surface area (Å²) in [5, 5.41) is 11.7. The minimum atomic E-state index is -0.298. The Kier molecular flexibility index (Phi) is 5.57. The summed E-state index contributed by atoms with van der Waals surface area (Å²) in [5.74, 6) is 8.69. The van der Waals surface area contributed by atoms with Crippen molar-refractivity contribution in [3.8, 4) is 0 Å². The van der Waals surface area contributed by atoms with Crippen molar-refractivity contribution in [2.45, 2.75) is 50.2 Å². The van der Waals surface area contributed by atoms with E-state index in [1.54, 1.807) is 18.2 Å². The van der Waals surface area contributed by atoms with Crippen molar-refractivity contribution in [3.63, 3.8) is 0 Å². The van der Waals surface area contributed by atoms with Gasteiger partial charge in [-0.3, -0.25) is 4.79 Å². The molecule has 0 spiro atoms. The molecule has 2 saturated carbocycles. The molecular formula is C20H26FN5OS. The molecule has 2 aliphatic carbocycles. The zero-order valence-corrected chi connectivity index (χ0v) is 16.8. The standard InChI is InChI=1S/C20H26FN5OS/c1-12(16-9-13-6-7-14(16)8-13)23-19(27)11-28-20-25-24-18(26(20)22)10-15-4-2-3-5-17(15)21/h2-5,12-14,16H,6-11,22H2,1H3,(H,23,27)/t12-,13-,14-,16-/m0/s1. The van der Waals surface area contributed by atoms with E-state index >= 15 is 0 Å². The number of nitrogen functional groups attached to an aromatic ring is 1. The van der Waals surface area contributed by atoms with Crippen LogP contribution in [0.5, 0.6) is 0 Å². The fourth-order valence-electron chi connectivity index (χ4n) is 4.78. The molecule has 1 heterocycles. The van der Waals surface area contributed by atoms with Crippen molar-refractivity contribution in [1.29, 1.82) is 0 Å². The molecule has 28 heavy (non-hydrogen) atoms.